The lowest BCUT2D eigenvalue weighted by Crippen LogP contribution is -2.53. The van der Waals surface area contributed by atoms with E-state index in [0.717, 1.165) is 50.4 Å². The van der Waals surface area contributed by atoms with Gasteiger partial charge in [0.15, 0.2) is 0 Å². The highest BCUT2D eigenvalue weighted by atomic mass is 19.3. The van der Waals surface area contributed by atoms with Crippen molar-refractivity contribution in [3.63, 3.8) is 0 Å². The molecule has 4 aliphatic rings. The summed E-state index contributed by atoms with van der Waals surface area (Å²) in [5.41, 5.74) is -0.852. The predicted octanol–water partition coefficient (Wildman–Crippen LogP) is 2.32. The fourth-order valence-corrected chi connectivity index (χ4v) is 6.88. The largest absolute Gasteiger partial charge is 0.351 e. The standard InChI is InChI=1S/C28H36F2N4O5/c29-28(30,20-7-11-24(36)33(16-20)14-17-4-2-1-3-5-17)27(39)31-13-18-6-8-21-19(12-18)15-34(26(21)38)22-9-10-23(35)32-25(22)37/h7,11,16-19,21-22H,1-6,8-10,12-15H2,(H,31,39)(H,32,35,37). The zero-order valence-corrected chi connectivity index (χ0v) is 22.0. The number of hydrogen-bond acceptors (Lipinski definition) is 5. The summed E-state index contributed by atoms with van der Waals surface area (Å²) in [5.74, 6) is -6.11. The number of fused-ring (bicyclic) bond motifs is 1. The number of piperidine rings is 1. The summed E-state index contributed by atoms with van der Waals surface area (Å²) in [6.07, 6.45) is 8.60. The minimum absolute atomic E-state index is 0.0255. The molecule has 2 saturated carbocycles. The van der Waals surface area contributed by atoms with E-state index in [2.05, 4.69) is 10.6 Å². The van der Waals surface area contributed by atoms with Crippen LogP contribution in [0.4, 0.5) is 8.78 Å². The Morgan fingerprint density at radius 2 is 1.77 bits per heavy atom. The molecule has 2 aliphatic heterocycles. The van der Waals surface area contributed by atoms with Gasteiger partial charge in [0.05, 0.1) is 0 Å². The second-order valence-corrected chi connectivity index (χ2v) is 11.7. The van der Waals surface area contributed by atoms with Crippen molar-refractivity contribution in [1.29, 1.82) is 0 Å². The molecule has 39 heavy (non-hydrogen) atoms. The van der Waals surface area contributed by atoms with Gasteiger partial charge in [0.2, 0.25) is 17.7 Å². The first kappa shape index (κ1) is 27.5. The van der Waals surface area contributed by atoms with Crippen LogP contribution in [-0.2, 0) is 31.6 Å². The van der Waals surface area contributed by atoms with Gasteiger partial charge in [0, 0.05) is 49.8 Å². The predicted molar refractivity (Wildman–Crippen MR) is 136 cm³/mol. The van der Waals surface area contributed by atoms with Crippen molar-refractivity contribution in [3.05, 3.63) is 34.2 Å². The number of nitrogens with one attached hydrogen (secondary N) is 2. The van der Waals surface area contributed by atoms with Gasteiger partial charge in [-0.25, -0.2) is 0 Å². The number of likely N-dealkylation sites (tertiary alicyclic amines) is 1. The number of carbonyl (C=O) groups is 4. The molecule has 4 fully saturated rings. The zero-order valence-electron chi connectivity index (χ0n) is 22.0. The van der Waals surface area contributed by atoms with E-state index in [1.165, 1.54) is 4.57 Å². The molecule has 0 spiro atoms. The molecule has 2 aliphatic carbocycles. The highest BCUT2D eigenvalue weighted by Gasteiger charge is 2.48. The van der Waals surface area contributed by atoms with Crippen LogP contribution in [-0.4, -0.2) is 52.2 Å². The van der Waals surface area contributed by atoms with Crippen LogP contribution >= 0.6 is 0 Å². The highest BCUT2D eigenvalue weighted by Crippen LogP contribution is 2.41. The monoisotopic (exact) mass is 546 g/mol. The van der Waals surface area contributed by atoms with Crippen LogP contribution < -0.4 is 16.2 Å². The lowest BCUT2D eigenvalue weighted by atomic mass is 9.75. The Balaban J connectivity index is 1.17. The number of rotatable bonds is 7. The lowest BCUT2D eigenvalue weighted by Gasteiger charge is -2.30. The van der Waals surface area contributed by atoms with E-state index in [9.17, 15) is 24.0 Å². The Morgan fingerprint density at radius 3 is 2.51 bits per heavy atom. The van der Waals surface area contributed by atoms with Crippen molar-refractivity contribution in [2.75, 3.05) is 13.1 Å². The van der Waals surface area contributed by atoms with Crippen LogP contribution in [0.2, 0.25) is 0 Å². The normalized spacial score (nSPS) is 28.3. The van der Waals surface area contributed by atoms with Gasteiger partial charge in [0.25, 0.3) is 11.5 Å². The summed E-state index contributed by atoms with van der Waals surface area (Å²) in [6, 6.07) is 1.48. The van der Waals surface area contributed by atoms with Crippen molar-refractivity contribution in [1.82, 2.24) is 20.1 Å². The van der Waals surface area contributed by atoms with Gasteiger partial charge in [-0.15, -0.1) is 0 Å². The summed E-state index contributed by atoms with van der Waals surface area (Å²) in [5, 5.41) is 4.70. The number of pyridine rings is 1. The van der Waals surface area contributed by atoms with E-state index < -0.39 is 29.3 Å². The molecule has 11 heteroatoms. The minimum Gasteiger partial charge on any atom is -0.350 e. The maximum atomic E-state index is 15.1. The second-order valence-electron chi connectivity index (χ2n) is 11.7. The second kappa shape index (κ2) is 11.2. The highest BCUT2D eigenvalue weighted by molar-refractivity contribution is 6.02. The van der Waals surface area contributed by atoms with Gasteiger partial charge in [-0.1, -0.05) is 19.3 Å². The summed E-state index contributed by atoms with van der Waals surface area (Å²) in [4.78, 5) is 63.2. The van der Waals surface area contributed by atoms with Gasteiger partial charge in [-0.05, 0) is 62.3 Å². The molecule has 212 valence electrons. The first-order valence-corrected chi connectivity index (χ1v) is 14.1. The van der Waals surface area contributed by atoms with Gasteiger partial charge in [-0.2, -0.15) is 8.78 Å². The van der Waals surface area contributed by atoms with Crippen molar-refractivity contribution >= 4 is 23.6 Å². The fourth-order valence-electron chi connectivity index (χ4n) is 6.88. The fraction of sp³-hybridized carbons (Fsp3) is 0.679. The molecule has 0 radical (unpaired) electrons. The van der Waals surface area contributed by atoms with Gasteiger partial charge < -0.3 is 14.8 Å². The number of halogens is 2. The van der Waals surface area contributed by atoms with Crippen molar-refractivity contribution in [2.24, 2.45) is 23.7 Å². The van der Waals surface area contributed by atoms with Crippen LogP contribution in [0.1, 0.15) is 69.8 Å². The SMILES string of the molecule is O=C1CCC(N2CC3CC(CNC(=O)C(F)(F)c4ccc(=O)n(CC5CCCCC5)c4)CCC3C2=O)C(=O)N1. The Labute approximate surface area is 225 Å². The van der Waals surface area contributed by atoms with Gasteiger partial charge in [-0.3, -0.25) is 29.3 Å². The molecule has 0 bridgehead atoms. The molecular weight excluding hydrogens is 510 g/mol. The number of amides is 4. The number of alkyl halides is 2. The summed E-state index contributed by atoms with van der Waals surface area (Å²) < 4.78 is 31.6. The topological polar surface area (TPSA) is 118 Å². The molecule has 1 aromatic rings. The average molecular weight is 547 g/mol. The lowest BCUT2D eigenvalue weighted by molar-refractivity contribution is -0.147. The molecule has 4 unspecified atom stereocenters. The van der Waals surface area contributed by atoms with Crippen LogP contribution in [0.5, 0.6) is 0 Å². The van der Waals surface area contributed by atoms with Crippen molar-refractivity contribution in [2.45, 2.75) is 82.7 Å². The quantitative estimate of drug-likeness (QED) is 0.509. The molecule has 9 nitrogen and oxygen atoms in total. The maximum absolute atomic E-state index is 15.1. The molecule has 1 aromatic heterocycles. The molecule has 0 aromatic carbocycles. The van der Waals surface area contributed by atoms with Gasteiger partial charge in [0.1, 0.15) is 6.04 Å². The number of aromatic nitrogens is 1. The molecule has 5 rings (SSSR count). The number of carbonyl (C=O) groups excluding carboxylic acids is 4. The Kier molecular flexibility index (Phi) is 7.87. The van der Waals surface area contributed by atoms with Crippen LogP contribution in [0.25, 0.3) is 0 Å². The van der Waals surface area contributed by atoms with Crippen molar-refractivity contribution in [3.8, 4) is 0 Å². The molecule has 4 atom stereocenters. The third-order valence-electron chi connectivity index (χ3n) is 9.07. The van der Waals surface area contributed by atoms with E-state index in [1.807, 2.05) is 0 Å². The van der Waals surface area contributed by atoms with Gasteiger partial charge >= 0.3 is 5.92 Å². The zero-order chi connectivity index (χ0) is 27.7. The first-order valence-electron chi connectivity index (χ1n) is 14.1. The smallest absolute Gasteiger partial charge is 0.350 e. The van der Waals surface area contributed by atoms with Crippen LogP contribution in [0.15, 0.2) is 23.1 Å². The molecule has 2 N–H and O–H groups in total. The van der Waals surface area contributed by atoms with E-state index in [-0.39, 0.29) is 54.0 Å². The molecule has 4 amide bonds. The van der Waals surface area contributed by atoms with E-state index >= 15 is 8.78 Å². The molecule has 3 heterocycles. The van der Waals surface area contributed by atoms with Crippen LogP contribution in [0.3, 0.4) is 0 Å². The minimum atomic E-state index is -3.79. The number of hydrogen-bond donors (Lipinski definition) is 2. The maximum Gasteiger partial charge on any atom is 0.351 e. The van der Waals surface area contributed by atoms with E-state index in [4.69, 9.17) is 0 Å². The molecule has 2 saturated heterocycles. The first-order chi connectivity index (χ1) is 18.6. The summed E-state index contributed by atoms with van der Waals surface area (Å²) >= 11 is 0. The van der Waals surface area contributed by atoms with Crippen molar-refractivity contribution < 1.29 is 28.0 Å². The number of nitrogens with zero attached hydrogens (tertiary/aromatic N) is 2. The third kappa shape index (κ3) is 5.77. The number of imide groups is 1. The summed E-state index contributed by atoms with van der Waals surface area (Å²) in [7, 11) is 0. The Hall–Kier alpha value is -3.11. The Bertz CT molecular complexity index is 1190. The van der Waals surface area contributed by atoms with Crippen LogP contribution in [0, 0.1) is 23.7 Å². The van der Waals surface area contributed by atoms with E-state index in [0.29, 0.717) is 38.8 Å². The Morgan fingerprint density at radius 1 is 1.00 bits per heavy atom. The summed E-state index contributed by atoms with van der Waals surface area (Å²) in [6.45, 7) is 0.828. The van der Waals surface area contributed by atoms with E-state index in [1.54, 1.807) is 4.90 Å². The molecular formula is C28H36F2N4O5. The third-order valence-corrected chi connectivity index (χ3v) is 9.07. The average Bonchev–Trinajstić information content (AvgIpc) is 3.24.